The number of nitrogens with zero attached hydrogens (tertiary/aromatic N) is 1. The average Bonchev–Trinajstić information content (AvgIpc) is 3.18. The molecule has 134 valence electrons. The van der Waals surface area contributed by atoms with E-state index < -0.39 is 0 Å². The van der Waals surface area contributed by atoms with E-state index in [9.17, 15) is 0 Å². The Morgan fingerprint density at radius 1 is 0.962 bits per heavy atom. The van der Waals surface area contributed by atoms with E-state index in [0.29, 0.717) is 0 Å². The van der Waals surface area contributed by atoms with Crippen LogP contribution in [0.3, 0.4) is 0 Å². The second-order valence-corrected chi connectivity index (χ2v) is 8.05. The number of ether oxygens (including phenoxy) is 1. The number of hydrogen-bond acceptors (Lipinski definition) is 3. The number of thiazole rings is 1. The lowest BCUT2D eigenvalue weighted by Gasteiger charge is -2.22. The molecule has 3 heteroatoms. The molecule has 26 heavy (non-hydrogen) atoms. The van der Waals surface area contributed by atoms with Gasteiger partial charge in [0.05, 0.1) is 17.8 Å². The van der Waals surface area contributed by atoms with Crippen molar-refractivity contribution in [1.29, 1.82) is 0 Å². The molecule has 0 unspecified atom stereocenters. The van der Waals surface area contributed by atoms with Crippen molar-refractivity contribution in [2.24, 2.45) is 0 Å². The molecule has 1 saturated carbocycles. The van der Waals surface area contributed by atoms with Gasteiger partial charge in [0.25, 0.3) is 0 Å². The quantitative estimate of drug-likeness (QED) is 0.519. The lowest BCUT2D eigenvalue weighted by Crippen LogP contribution is -2.04. The Labute approximate surface area is 159 Å². The average molecular weight is 364 g/mol. The molecule has 0 bridgehead atoms. The minimum atomic E-state index is 0.763. The summed E-state index contributed by atoms with van der Waals surface area (Å²) in [4.78, 5) is 4.85. The third kappa shape index (κ3) is 3.99. The Bertz CT molecular complexity index is 829. The standard InChI is InChI=1S/C23H25NOS/c1-25-21-13-7-17(8-14-21)15-23-24-22(16-26-23)20-11-9-19(10-12-20)18-5-3-2-4-6-18/h7-14,16,18H,2-6,15H2,1H3. The lowest BCUT2D eigenvalue weighted by molar-refractivity contribution is 0.414. The van der Waals surface area contributed by atoms with E-state index in [1.165, 1.54) is 48.8 Å². The van der Waals surface area contributed by atoms with Crippen molar-refractivity contribution in [3.05, 3.63) is 70.0 Å². The Morgan fingerprint density at radius 3 is 2.38 bits per heavy atom. The van der Waals surface area contributed by atoms with Crippen molar-refractivity contribution in [2.45, 2.75) is 44.4 Å². The minimum Gasteiger partial charge on any atom is -0.497 e. The van der Waals surface area contributed by atoms with Crippen LogP contribution in [-0.4, -0.2) is 12.1 Å². The van der Waals surface area contributed by atoms with Crippen molar-refractivity contribution in [3.63, 3.8) is 0 Å². The van der Waals surface area contributed by atoms with Gasteiger partial charge in [0.2, 0.25) is 0 Å². The maximum atomic E-state index is 5.22. The first-order valence-electron chi connectivity index (χ1n) is 9.49. The van der Waals surface area contributed by atoms with Crippen molar-refractivity contribution in [2.75, 3.05) is 7.11 Å². The fraction of sp³-hybridized carbons (Fsp3) is 0.348. The Morgan fingerprint density at radius 2 is 1.69 bits per heavy atom. The van der Waals surface area contributed by atoms with Crippen LogP contribution >= 0.6 is 11.3 Å². The van der Waals surface area contributed by atoms with Gasteiger partial charge in [-0.3, -0.25) is 0 Å². The summed E-state index contributed by atoms with van der Waals surface area (Å²) in [7, 11) is 1.70. The summed E-state index contributed by atoms with van der Waals surface area (Å²) in [6.45, 7) is 0. The maximum Gasteiger partial charge on any atom is 0.118 e. The van der Waals surface area contributed by atoms with Crippen molar-refractivity contribution in [1.82, 2.24) is 4.98 Å². The van der Waals surface area contributed by atoms with Gasteiger partial charge < -0.3 is 4.74 Å². The number of benzene rings is 2. The molecule has 2 nitrogen and oxygen atoms in total. The predicted octanol–water partition coefficient (Wildman–Crippen LogP) is 6.46. The zero-order valence-corrected chi connectivity index (χ0v) is 16.1. The van der Waals surface area contributed by atoms with Crippen molar-refractivity contribution in [3.8, 4) is 17.0 Å². The summed E-state index contributed by atoms with van der Waals surface area (Å²) >= 11 is 1.74. The minimum absolute atomic E-state index is 0.763. The first-order chi connectivity index (χ1) is 12.8. The van der Waals surface area contributed by atoms with Crippen LogP contribution in [0.25, 0.3) is 11.3 Å². The van der Waals surface area contributed by atoms with Crippen LogP contribution in [0.1, 0.15) is 54.2 Å². The van der Waals surface area contributed by atoms with Crippen LogP contribution in [0.5, 0.6) is 5.75 Å². The van der Waals surface area contributed by atoms with E-state index in [-0.39, 0.29) is 0 Å². The molecule has 0 N–H and O–H groups in total. The molecule has 3 aromatic rings. The molecule has 0 aliphatic heterocycles. The monoisotopic (exact) mass is 363 g/mol. The molecule has 0 atom stereocenters. The van der Waals surface area contributed by atoms with Gasteiger partial charge in [-0.2, -0.15) is 0 Å². The summed E-state index contributed by atoms with van der Waals surface area (Å²) in [6.07, 6.45) is 7.74. The molecule has 0 saturated heterocycles. The normalized spacial score (nSPS) is 15.1. The van der Waals surface area contributed by atoms with Gasteiger partial charge in [0.15, 0.2) is 0 Å². The van der Waals surface area contributed by atoms with Crippen molar-refractivity contribution < 1.29 is 4.74 Å². The number of aromatic nitrogens is 1. The van der Waals surface area contributed by atoms with E-state index in [4.69, 9.17) is 9.72 Å². The zero-order valence-electron chi connectivity index (χ0n) is 15.3. The summed E-state index contributed by atoms with van der Waals surface area (Å²) in [6, 6.07) is 17.4. The Kier molecular flexibility index (Phi) is 5.35. The molecule has 0 spiro atoms. The summed E-state index contributed by atoms with van der Waals surface area (Å²) in [5.41, 5.74) is 5.08. The van der Waals surface area contributed by atoms with Crippen LogP contribution in [0.4, 0.5) is 0 Å². The Hall–Kier alpha value is -2.13. The van der Waals surface area contributed by atoms with Gasteiger partial charge in [-0.1, -0.05) is 55.7 Å². The zero-order chi connectivity index (χ0) is 17.8. The van der Waals surface area contributed by atoms with Crippen LogP contribution in [0.15, 0.2) is 53.9 Å². The topological polar surface area (TPSA) is 22.1 Å². The van der Waals surface area contributed by atoms with Gasteiger partial charge in [-0.05, 0) is 42.0 Å². The van der Waals surface area contributed by atoms with E-state index >= 15 is 0 Å². The Balaban J connectivity index is 1.45. The first kappa shape index (κ1) is 17.3. The fourth-order valence-electron chi connectivity index (χ4n) is 3.80. The predicted molar refractivity (Wildman–Crippen MR) is 109 cm³/mol. The first-order valence-corrected chi connectivity index (χ1v) is 10.4. The molecule has 1 aliphatic rings. The number of hydrogen-bond donors (Lipinski definition) is 0. The number of rotatable bonds is 5. The van der Waals surface area contributed by atoms with Gasteiger partial charge in [-0.15, -0.1) is 11.3 Å². The lowest BCUT2D eigenvalue weighted by atomic mass is 9.84. The molecule has 0 amide bonds. The summed E-state index contributed by atoms with van der Waals surface area (Å²) in [5, 5.41) is 3.33. The van der Waals surface area contributed by atoms with Crippen LogP contribution < -0.4 is 4.74 Å². The van der Waals surface area contributed by atoms with E-state index in [0.717, 1.165) is 28.8 Å². The highest BCUT2D eigenvalue weighted by atomic mass is 32.1. The smallest absolute Gasteiger partial charge is 0.118 e. The highest BCUT2D eigenvalue weighted by Crippen LogP contribution is 2.33. The SMILES string of the molecule is COc1ccc(Cc2nc(-c3ccc(C4CCCCC4)cc3)cs2)cc1. The number of methoxy groups -OCH3 is 1. The summed E-state index contributed by atoms with van der Waals surface area (Å²) in [5.74, 6) is 1.66. The molecular formula is C23H25NOS. The van der Waals surface area contributed by atoms with Crippen molar-refractivity contribution >= 4 is 11.3 Å². The third-order valence-electron chi connectivity index (χ3n) is 5.35. The third-order valence-corrected chi connectivity index (χ3v) is 6.20. The fourth-order valence-corrected chi connectivity index (χ4v) is 4.64. The van der Waals surface area contributed by atoms with Crippen LogP contribution in [-0.2, 0) is 6.42 Å². The molecule has 2 aromatic carbocycles. The van der Waals surface area contributed by atoms with Crippen LogP contribution in [0, 0.1) is 0 Å². The molecule has 0 radical (unpaired) electrons. The molecule has 1 fully saturated rings. The molecule has 4 rings (SSSR count). The van der Waals surface area contributed by atoms with Gasteiger partial charge in [-0.25, -0.2) is 4.98 Å². The van der Waals surface area contributed by atoms with Crippen LogP contribution in [0.2, 0.25) is 0 Å². The second kappa shape index (κ2) is 8.05. The van der Waals surface area contributed by atoms with E-state index in [2.05, 4.69) is 41.8 Å². The highest BCUT2D eigenvalue weighted by Gasteiger charge is 2.15. The molecule has 1 aromatic heterocycles. The van der Waals surface area contributed by atoms with E-state index in [1.807, 2.05) is 12.1 Å². The molecule has 1 heterocycles. The highest BCUT2D eigenvalue weighted by molar-refractivity contribution is 7.10. The summed E-state index contributed by atoms with van der Waals surface area (Å²) < 4.78 is 5.22. The van der Waals surface area contributed by atoms with E-state index in [1.54, 1.807) is 18.4 Å². The maximum absolute atomic E-state index is 5.22. The van der Waals surface area contributed by atoms with Gasteiger partial charge >= 0.3 is 0 Å². The molecular weight excluding hydrogens is 338 g/mol. The molecule has 1 aliphatic carbocycles. The largest absolute Gasteiger partial charge is 0.497 e. The second-order valence-electron chi connectivity index (χ2n) is 7.11. The van der Waals surface area contributed by atoms with Gasteiger partial charge in [0.1, 0.15) is 5.75 Å². The van der Waals surface area contributed by atoms with Gasteiger partial charge in [0, 0.05) is 17.4 Å².